The van der Waals surface area contributed by atoms with E-state index in [1.807, 2.05) is 25.4 Å². The van der Waals surface area contributed by atoms with E-state index in [0.717, 1.165) is 12.1 Å². The van der Waals surface area contributed by atoms with E-state index in [9.17, 15) is 0 Å². The third kappa shape index (κ3) is 4.49. The molecule has 0 radical (unpaired) electrons. The topological polar surface area (TPSA) is 43.7 Å². The Hall–Kier alpha value is -0.860. The van der Waals surface area contributed by atoms with Crippen LogP contribution in [0.1, 0.15) is 23.8 Å². The van der Waals surface area contributed by atoms with Gasteiger partial charge in [0.15, 0.2) is 0 Å². The summed E-state index contributed by atoms with van der Waals surface area (Å²) in [4.78, 5) is 3.31. The van der Waals surface area contributed by atoms with Gasteiger partial charge in [0.1, 0.15) is 0 Å². The monoisotopic (exact) mass is 253 g/mol. The van der Waals surface area contributed by atoms with Gasteiger partial charge in [0.2, 0.25) is 0 Å². The van der Waals surface area contributed by atoms with Gasteiger partial charge in [-0.2, -0.15) is 0 Å². The molecule has 0 amide bonds. The van der Waals surface area contributed by atoms with E-state index in [-0.39, 0.29) is 19.3 Å². The molecule has 1 atom stereocenters. The zero-order valence-corrected chi connectivity index (χ0v) is 11.1. The SMILES string of the molecule is CC(CO)N(C)Cc1sccc1C#CCCO. The molecule has 1 heterocycles. The molecule has 3 nitrogen and oxygen atoms in total. The van der Waals surface area contributed by atoms with Crippen molar-refractivity contribution in [3.63, 3.8) is 0 Å². The van der Waals surface area contributed by atoms with Crippen molar-refractivity contribution in [3.8, 4) is 11.8 Å². The minimum absolute atomic E-state index is 0.105. The molecule has 0 aliphatic carbocycles. The van der Waals surface area contributed by atoms with Crippen LogP contribution in [0.5, 0.6) is 0 Å². The first-order valence-electron chi connectivity index (χ1n) is 5.66. The Labute approximate surface area is 107 Å². The van der Waals surface area contributed by atoms with Gasteiger partial charge in [0, 0.05) is 29.4 Å². The molecule has 1 rings (SSSR count). The number of likely N-dealkylation sites (N-methyl/N-ethyl adjacent to an activating group) is 1. The van der Waals surface area contributed by atoms with Crippen molar-refractivity contribution < 1.29 is 10.2 Å². The maximum absolute atomic E-state index is 9.08. The smallest absolute Gasteiger partial charge is 0.0584 e. The van der Waals surface area contributed by atoms with Crippen molar-refractivity contribution in [1.29, 1.82) is 0 Å². The summed E-state index contributed by atoms with van der Waals surface area (Å²) in [7, 11) is 1.99. The number of rotatable bonds is 5. The third-order valence-electron chi connectivity index (χ3n) is 2.61. The van der Waals surface area contributed by atoms with Crippen LogP contribution in [0.15, 0.2) is 11.4 Å². The molecule has 0 saturated heterocycles. The molecular weight excluding hydrogens is 234 g/mol. The van der Waals surface area contributed by atoms with Crippen LogP contribution < -0.4 is 0 Å². The number of aliphatic hydroxyl groups excluding tert-OH is 2. The molecular formula is C13H19NO2S. The fourth-order valence-electron chi connectivity index (χ4n) is 1.31. The number of thiophene rings is 1. The van der Waals surface area contributed by atoms with E-state index in [1.165, 1.54) is 4.88 Å². The lowest BCUT2D eigenvalue weighted by molar-refractivity contribution is 0.155. The van der Waals surface area contributed by atoms with Crippen molar-refractivity contribution in [2.24, 2.45) is 0 Å². The van der Waals surface area contributed by atoms with Crippen LogP contribution in [0.2, 0.25) is 0 Å². The molecule has 1 unspecified atom stereocenters. The third-order valence-corrected chi connectivity index (χ3v) is 3.52. The Morgan fingerprint density at radius 3 is 2.88 bits per heavy atom. The van der Waals surface area contributed by atoms with Gasteiger partial charge in [0.25, 0.3) is 0 Å². The summed E-state index contributed by atoms with van der Waals surface area (Å²) in [6, 6.07) is 2.15. The molecule has 0 saturated carbocycles. The van der Waals surface area contributed by atoms with E-state index >= 15 is 0 Å². The Bertz CT molecular complexity index is 392. The van der Waals surface area contributed by atoms with E-state index in [2.05, 4.69) is 16.7 Å². The maximum atomic E-state index is 9.08. The van der Waals surface area contributed by atoms with E-state index in [4.69, 9.17) is 10.2 Å². The minimum atomic E-state index is 0.105. The molecule has 0 bridgehead atoms. The molecule has 0 aliphatic heterocycles. The minimum Gasteiger partial charge on any atom is -0.395 e. The average Bonchev–Trinajstić information content (AvgIpc) is 2.76. The molecule has 1 aromatic heterocycles. The Morgan fingerprint density at radius 1 is 1.47 bits per heavy atom. The lowest BCUT2D eigenvalue weighted by Gasteiger charge is -2.22. The van der Waals surface area contributed by atoms with Gasteiger partial charge in [-0.05, 0) is 25.4 Å². The van der Waals surface area contributed by atoms with Gasteiger partial charge in [-0.3, -0.25) is 4.90 Å². The van der Waals surface area contributed by atoms with Crippen molar-refractivity contribution in [2.75, 3.05) is 20.3 Å². The van der Waals surface area contributed by atoms with E-state index < -0.39 is 0 Å². The second-order valence-electron chi connectivity index (χ2n) is 3.98. The van der Waals surface area contributed by atoms with Gasteiger partial charge in [-0.1, -0.05) is 11.8 Å². The average molecular weight is 253 g/mol. The molecule has 0 spiro atoms. The van der Waals surface area contributed by atoms with Crippen molar-refractivity contribution in [3.05, 3.63) is 21.9 Å². The van der Waals surface area contributed by atoms with Crippen molar-refractivity contribution in [1.82, 2.24) is 4.90 Å². The lowest BCUT2D eigenvalue weighted by atomic mass is 10.2. The highest BCUT2D eigenvalue weighted by atomic mass is 32.1. The number of nitrogens with zero attached hydrogens (tertiary/aromatic N) is 1. The quantitative estimate of drug-likeness (QED) is 0.777. The van der Waals surface area contributed by atoms with Gasteiger partial charge in [-0.25, -0.2) is 0 Å². The highest BCUT2D eigenvalue weighted by Gasteiger charge is 2.10. The molecule has 0 aliphatic rings. The van der Waals surface area contributed by atoms with Crippen LogP contribution in [0, 0.1) is 11.8 Å². The maximum Gasteiger partial charge on any atom is 0.0584 e. The summed E-state index contributed by atoms with van der Waals surface area (Å²) in [5, 5.41) is 19.8. The molecule has 2 N–H and O–H groups in total. The number of hydrogen-bond donors (Lipinski definition) is 2. The molecule has 17 heavy (non-hydrogen) atoms. The summed E-state index contributed by atoms with van der Waals surface area (Å²) in [5.41, 5.74) is 1.03. The number of aliphatic hydroxyl groups is 2. The molecule has 0 fully saturated rings. The Kier molecular flexibility index (Phi) is 6.23. The second kappa shape index (κ2) is 7.46. The fraction of sp³-hybridized carbons (Fsp3) is 0.538. The highest BCUT2D eigenvalue weighted by Crippen LogP contribution is 2.18. The summed E-state index contributed by atoms with van der Waals surface area (Å²) in [5.74, 6) is 6.00. The van der Waals surface area contributed by atoms with Gasteiger partial charge < -0.3 is 10.2 Å². The summed E-state index contributed by atoms with van der Waals surface area (Å²) in [6.45, 7) is 3.05. The summed E-state index contributed by atoms with van der Waals surface area (Å²) < 4.78 is 0. The second-order valence-corrected chi connectivity index (χ2v) is 4.98. The standard InChI is InChI=1S/C13H19NO2S/c1-11(10-16)14(2)9-13-12(6-8-17-13)5-3-4-7-15/h6,8,11,15-16H,4,7,9-10H2,1-2H3. The number of hydrogen-bond acceptors (Lipinski definition) is 4. The first-order chi connectivity index (χ1) is 8.19. The van der Waals surface area contributed by atoms with Crippen LogP contribution in [-0.2, 0) is 6.54 Å². The predicted molar refractivity (Wildman–Crippen MR) is 70.9 cm³/mol. The van der Waals surface area contributed by atoms with Crippen LogP contribution in [0.25, 0.3) is 0 Å². The van der Waals surface area contributed by atoms with E-state index in [0.29, 0.717) is 6.42 Å². The van der Waals surface area contributed by atoms with Crippen molar-refractivity contribution in [2.45, 2.75) is 25.9 Å². The Morgan fingerprint density at radius 2 is 2.24 bits per heavy atom. The first kappa shape index (κ1) is 14.2. The van der Waals surface area contributed by atoms with Crippen LogP contribution in [0.3, 0.4) is 0 Å². The zero-order chi connectivity index (χ0) is 12.7. The fourth-order valence-corrected chi connectivity index (χ4v) is 2.20. The van der Waals surface area contributed by atoms with Gasteiger partial charge >= 0.3 is 0 Å². The zero-order valence-electron chi connectivity index (χ0n) is 10.3. The van der Waals surface area contributed by atoms with Crippen LogP contribution in [-0.4, -0.2) is 41.4 Å². The summed E-state index contributed by atoms with van der Waals surface area (Å²) >= 11 is 1.68. The molecule has 94 valence electrons. The Balaban J connectivity index is 2.66. The van der Waals surface area contributed by atoms with Crippen LogP contribution in [0.4, 0.5) is 0 Å². The summed E-state index contributed by atoms with van der Waals surface area (Å²) in [6.07, 6.45) is 0.512. The lowest BCUT2D eigenvalue weighted by Crippen LogP contribution is -2.31. The normalized spacial score (nSPS) is 12.3. The van der Waals surface area contributed by atoms with Crippen LogP contribution >= 0.6 is 11.3 Å². The predicted octanol–water partition coefficient (Wildman–Crippen LogP) is 1.29. The van der Waals surface area contributed by atoms with E-state index in [1.54, 1.807) is 11.3 Å². The molecule has 4 heteroatoms. The van der Waals surface area contributed by atoms with Crippen molar-refractivity contribution >= 4 is 11.3 Å². The first-order valence-corrected chi connectivity index (χ1v) is 6.54. The molecule has 0 aromatic carbocycles. The van der Waals surface area contributed by atoms with Gasteiger partial charge in [0.05, 0.1) is 13.2 Å². The largest absolute Gasteiger partial charge is 0.395 e. The highest BCUT2D eigenvalue weighted by molar-refractivity contribution is 7.10. The van der Waals surface area contributed by atoms with Gasteiger partial charge in [-0.15, -0.1) is 11.3 Å². The molecule has 1 aromatic rings.